The lowest BCUT2D eigenvalue weighted by atomic mass is 10.5. The maximum atomic E-state index is 11.0. The van der Waals surface area contributed by atoms with Crippen molar-refractivity contribution in [3.63, 3.8) is 0 Å². The number of thiazole rings is 1. The van der Waals surface area contributed by atoms with E-state index in [1.54, 1.807) is 11.8 Å². The lowest BCUT2D eigenvalue weighted by Crippen LogP contribution is -2.35. The predicted molar refractivity (Wildman–Crippen MR) is 88.9 cm³/mol. The van der Waals surface area contributed by atoms with Crippen molar-refractivity contribution in [2.75, 3.05) is 12.3 Å². The van der Waals surface area contributed by atoms with E-state index in [0.717, 1.165) is 17.2 Å². The number of hydrogen-bond acceptors (Lipinski definition) is 7. The summed E-state index contributed by atoms with van der Waals surface area (Å²) in [5.41, 5.74) is 17.0. The van der Waals surface area contributed by atoms with Gasteiger partial charge in [-0.25, -0.2) is 9.19 Å². The molecular formula is C9H14N8OS3. The van der Waals surface area contributed by atoms with E-state index in [2.05, 4.69) is 24.1 Å². The molecule has 12 heteroatoms. The molecule has 1 aromatic heterocycles. The number of nitrogens with two attached hydrogens (primary N) is 3. The molecule has 7 N–H and O–H groups in total. The van der Waals surface area contributed by atoms with Crippen molar-refractivity contribution < 1.29 is 4.21 Å². The molecule has 1 aliphatic heterocycles. The van der Waals surface area contributed by atoms with Crippen molar-refractivity contribution in [3.05, 3.63) is 11.1 Å². The third kappa shape index (κ3) is 4.99. The van der Waals surface area contributed by atoms with Crippen LogP contribution >= 0.6 is 23.1 Å². The van der Waals surface area contributed by atoms with Crippen LogP contribution in [-0.4, -0.2) is 39.1 Å². The van der Waals surface area contributed by atoms with Gasteiger partial charge in [0.15, 0.2) is 17.6 Å². The molecular weight excluding hydrogens is 332 g/mol. The van der Waals surface area contributed by atoms with Gasteiger partial charge in [0, 0.05) is 23.4 Å². The van der Waals surface area contributed by atoms with Crippen molar-refractivity contribution in [2.45, 2.75) is 5.75 Å². The Labute approximate surface area is 131 Å². The van der Waals surface area contributed by atoms with Gasteiger partial charge in [0.2, 0.25) is 5.13 Å². The zero-order valence-electron chi connectivity index (χ0n) is 10.9. The fraction of sp³-hybridized carbons (Fsp3) is 0.333. The highest BCUT2D eigenvalue weighted by atomic mass is 32.2. The number of rotatable bonds is 6. The predicted octanol–water partition coefficient (Wildman–Crippen LogP) is -0.781. The lowest BCUT2D eigenvalue weighted by molar-refractivity contribution is 0.686. The van der Waals surface area contributed by atoms with Crippen LogP contribution in [0.4, 0.5) is 5.13 Å². The normalized spacial score (nSPS) is 17.2. The average molecular weight is 346 g/mol. The molecule has 0 spiro atoms. The Bertz CT molecular complexity index is 618. The Morgan fingerprint density at radius 1 is 1.48 bits per heavy atom. The van der Waals surface area contributed by atoms with Crippen molar-refractivity contribution in [2.24, 2.45) is 31.0 Å². The monoisotopic (exact) mass is 346 g/mol. The number of guanidine groups is 1. The van der Waals surface area contributed by atoms with E-state index >= 15 is 0 Å². The molecule has 0 radical (unpaired) electrons. The summed E-state index contributed by atoms with van der Waals surface area (Å²) in [4.78, 5) is 8.15. The molecule has 1 atom stereocenters. The van der Waals surface area contributed by atoms with Crippen molar-refractivity contribution in [1.29, 1.82) is 0 Å². The number of aliphatic imine (C=N–C) groups is 1. The van der Waals surface area contributed by atoms with Crippen LogP contribution in [-0.2, 0) is 16.9 Å². The summed E-state index contributed by atoms with van der Waals surface area (Å²) >= 11 is 1.49. The Morgan fingerprint density at radius 3 is 2.95 bits per heavy atom. The number of nitrogens with zero attached hydrogens (tertiary/aromatic N) is 4. The molecule has 0 aromatic carbocycles. The summed E-state index contributed by atoms with van der Waals surface area (Å²) in [6.45, 7) is 0.641. The van der Waals surface area contributed by atoms with Crippen LogP contribution < -0.4 is 22.5 Å². The zero-order chi connectivity index (χ0) is 15.2. The molecule has 0 amide bonds. The molecule has 2 heterocycles. The molecule has 1 aromatic rings. The topological polar surface area (TPSA) is 157 Å². The molecule has 9 nitrogen and oxygen atoms in total. The van der Waals surface area contributed by atoms with Crippen LogP contribution in [0.3, 0.4) is 0 Å². The van der Waals surface area contributed by atoms with Gasteiger partial charge in [0.1, 0.15) is 0 Å². The Kier molecular flexibility index (Phi) is 5.52. The van der Waals surface area contributed by atoms with Gasteiger partial charge in [0.25, 0.3) is 11.2 Å². The second-order valence-electron chi connectivity index (χ2n) is 3.78. The van der Waals surface area contributed by atoms with Crippen LogP contribution in [0, 0.1) is 0 Å². The van der Waals surface area contributed by atoms with E-state index in [9.17, 15) is 4.21 Å². The molecule has 0 bridgehead atoms. The van der Waals surface area contributed by atoms with E-state index < -0.39 is 11.2 Å². The van der Waals surface area contributed by atoms with Crippen molar-refractivity contribution in [3.8, 4) is 0 Å². The standard InChI is InChI=1S/C9H14N8OS3/c10-6-7(17-21(18)16-6)13-1-2-19-3-5-4-20-9(14-5)15-8(11)12/h4H,1-3H2,(H2,10,16)(H,13,17)(H4,11,12,14,15). The second kappa shape index (κ2) is 7.38. The minimum Gasteiger partial charge on any atom is -0.380 e. The molecule has 2 rings (SSSR count). The summed E-state index contributed by atoms with van der Waals surface area (Å²) in [5.74, 6) is 2.13. The van der Waals surface area contributed by atoms with Gasteiger partial charge >= 0.3 is 0 Å². The average Bonchev–Trinajstić information content (AvgIpc) is 2.95. The first-order valence-corrected chi connectivity index (χ1v) is 8.85. The molecule has 0 fully saturated rings. The first kappa shape index (κ1) is 15.7. The molecule has 1 aliphatic rings. The number of nitrogens with one attached hydrogen (secondary N) is 1. The summed E-state index contributed by atoms with van der Waals surface area (Å²) in [7, 11) is 0. The summed E-state index contributed by atoms with van der Waals surface area (Å²) in [6, 6.07) is 0. The highest BCUT2D eigenvalue weighted by Gasteiger charge is 2.14. The SMILES string of the molecule is NC(N)=Nc1nc(CSCCNC2=NS(=O)N=C2N)cs1. The molecule has 21 heavy (non-hydrogen) atoms. The van der Waals surface area contributed by atoms with Gasteiger partial charge in [-0.05, 0) is 0 Å². The van der Waals surface area contributed by atoms with E-state index in [0.29, 0.717) is 17.5 Å². The second-order valence-corrected chi connectivity index (χ2v) is 6.55. The number of amidine groups is 2. The van der Waals surface area contributed by atoms with Crippen LogP contribution in [0.2, 0.25) is 0 Å². The molecule has 114 valence electrons. The fourth-order valence-corrected chi connectivity index (χ4v) is 3.51. The van der Waals surface area contributed by atoms with Gasteiger partial charge in [-0.2, -0.15) is 16.8 Å². The van der Waals surface area contributed by atoms with Crippen molar-refractivity contribution in [1.82, 2.24) is 10.3 Å². The third-order valence-electron chi connectivity index (χ3n) is 2.14. The summed E-state index contributed by atoms with van der Waals surface area (Å²) in [6.07, 6.45) is 0. The molecule has 0 aliphatic carbocycles. The van der Waals surface area contributed by atoms with Crippen LogP contribution in [0.15, 0.2) is 19.2 Å². The van der Waals surface area contributed by atoms with E-state index in [4.69, 9.17) is 17.2 Å². The van der Waals surface area contributed by atoms with E-state index in [1.165, 1.54) is 11.3 Å². The Balaban J connectivity index is 1.67. The fourth-order valence-electron chi connectivity index (χ4n) is 1.34. The molecule has 0 saturated heterocycles. The maximum absolute atomic E-state index is 11.0. The van der Waals surface area contributed by atoms with Gasteiger partial charge in [-0.15, -0.1) is 20.1 Å². The zero-order valence-corrected chi connectivity index (χ0v) is 13.3. The minimum absolute atomic E-state index is 0.00160. The van der Waals surface area contributed by atoms with E-state index in [1.807, 2.05) is 5.38 Å². The van der Waals surface area contributed by atoms with E-state index in [-0.39, 0.29) is 11.8 Å². The maximum Gasteiger partial charge on any atom is 0.269 e. The molecule has 1 unspecified atom stereocenters. The first-order chi connectivity index (χ1) is 10.0. The van der Waals surface area contributed by atoms with Crippen LogP contribution in [0.5, 0.6) is 0 Å². The largest absolute Gasteiger partial charge is 0.380 e. The first-order valence-electron chi connectivity index (χ1n) is 5.75. The lowest BCUT2D eigenvalue weighted by Gasteiger charge is -2.04. The van der Waals surface area contributed by atoms with Crippen LogP contribution in [0.25, 0.3) is 0 Å². The summed E-state index contributed by atoms with van der Waals surface area (Å²) in [5, 5.41) is 5.45. The van der Waals surface area contributed by atoms with Gasteiger partial charge < -0.3 is 22.5 Å². The minimum atomic E-state index is -1.58. The molecule has 0 saturated carbocycles. The van der Waals surface area contributed by atoms with Gasteiger partial charge in [-0.1, -0.05) is 0 Å². The Hall–Kier alpha value is -1.66. The van der Waals surface area contributed by atoms with Gasteiger partial charge in [-0.3, -0.25) is 0 Å². The summed E-state index contributed by atoms with van der Waals surface area (Å²) < 4.78 is 18.3. The highest BCUT2D eigenvalue weighted by Crippen LogP contribution is 2.21. The quantitative estimate of drug-likeness (QED) is 0.299. The number of thioether (sulfide) groups is 1. The number of hydrogen-bond donors (Lipinski definition) is 4. The smallest absolute Gasteiger partial charge is 0.269 e. The highest BCUT2D eigenvalue weighted by molar-refractivity contribution is 7.98. The van der Waals surface area contributed by atoms with Crippen molar-refractivity contribution >= 4 is 57.0 Å². The Morgan fingerprint density at radius 2 is 2.29 bits per heavy atom. The van der Waals surface area contributed by atoms with Gasteiger partial charge in [0.05, 0.1) is 5.69 Å². The van der Waals surface area contributed by atoms with Crippen LogP contribution in [0.1, 0.15) is 5.69 Å². The third-order valence-corrected chi connectivity index (χ3v) is 4.61. The number of aromatic nitrogens is 1.